The van der Waals surface area contributed by atoms with Gasteiger partial charge in [0.2, 0.25) is 11.8 Å². The van der Waals surface area contributed by atoms with Gasteiger partial charge in [0.15, 0.2) is 34.7 Å². The summed E-state index contributed by atoms with van der Waals surface area (Å²) in [6.45, 7) is 0.668. The van der Waals surface area contributed by atoms with Gasteiger partial charge < -0.3 is 31.5 Å². The van der Waals surface area contributed by atoms with E-state index in [2.05, 4.69) is 10.6 Å². The van der Waals surface area contributed by atoms with Gasteiger partial charge in [0, 0.05) is 37.8 Å². The summed E-state index contributed by atoms with van der Waals surface area (Å²) in [4.78, 5) is 82.8. The van der Waals surface area contributed by atoms with Crippen LogP contribution in [0.15, 0.2) is 6.07 Å². The first-order chi connectivity index (χ1) is 19.7. The minimum absolute atomic E-state index is 0.0241. The van der Waals surface area contributed by atoms with Crippen LogP contribution in [-0.4, -0.2) is 102 Å². The zero-order chi connectivity index (χ0) is 30.8. The molecule has 5 rings (SSSR count). The number of benzene rings is 1. The Kier molecular flexibility index (Phi) is 7.48. The molecule has 0 aromatic heterocycles. The Morgan fingerprint density at radius 3 is 2.40 bits per heavy atom. The first-order valence-electron chi connectivity index (χ1n) is 14.1. The monoisotopic (exact) mass is 583 g/mol. The van der Waals surface area contributed by atoms with E-state index in [1.165, 1.54) is 4.90 Å². The first kappa shape index (κ1) is 29.8. The number of rotatable bonds is 6. The van der Waals surface area contributed by atoms with Crippen LogP contribution in [0.2, 0.25) is 0 Å². The third kappa shape index (κ3) is 4.33. The highest BCUT2D eigenvalue weighted by Gasteiger charge is 2.69. The maximum absolute atomic E-state index is 14.1. The van der Waals surface area contributed by atoms with Crippen molar-refractivity contribution in [2.24, 2.45) is 29.4 Å². The summed E-state index contributed by atoms with van der Waals surface area (Å²) >= 11 is 0. The van der Waals surface area contributed by atoms with Gasteiger partial charge in [-0.2, -0.15) is 0 Å². The summed E-state index contributed by atoms with van der Waals surface area (Å²) in [6, 6.07) is 0.191. The van der Waals surface area contributed by atoms with E-state index in [1.807, 2.05) is 0 Å². The molecule has 7 atom stereocenters. The summed E-state index contributed by atoms with van der Waals surface area (Å²) in [7, 11) is 6.62. The van der Waals surface area contributed by atoms with Crippen molar-refractivity contribution in [3.63, 3.8) is 0 Å². The number of ketones is 4. The Balaban J connectivity index is 1.56. The standard InChI is InChI=1S/C29H37N5O8/c1-33(2)17-10-13(11-32-28(41)16-6-5-7-31-16)22(35)19-14(17)8-12-9-15-21(34(3)4)24(37)20(27(30)40)26(39)29(15,42)25(38)18(12)23(19)36/h10,12,15-16,18,20-21,31,35,42H,5-9,11H2,1-4H3,(H2,30,40)(H,32,41)/t12-,15-,16?,18?,20?,21-,29-/m0/s1. The fourth-order valence-corrected chi connectivity index (χ4v) is 7.45. The number of fused-ring (bicyclic) bond motifs is 3. The Morgan fingerprint density at radius 1 is 1.14 bits per heavy atom. The lowest BCUT2D eigenvalue weighted by Crippen LogP contribution is -2.74. The maximum atomic E-state index is 14.1. The minimum atomic E-state index is -2.78. The summed E-state index contributed by atoms with van der Waals surface area (Å²) in [5, 5.41) is 29.0. The second-order valence-corrected chi connectivity index (χ2v) is 12.3. The molecule has 0 bridgehead atoms. The SMILES string of the molecule is CN(C)c1cc(CNC(=O)C2CCCN2)c(O)c2c1C[C@H]1C[C@H]3[C@H](N(C)C)C(=O)C(C(N)=O)C(=O)[C@@]3(O)C(=O)C1C2=O. The number of primary amides is 1. The molecule has 42 heavy (non-hydrogen) atoms. The minimum Gasteiger partial charge on any atom is -0.507 e. The number of Topliss-reactive ketones (excluding diaryl/α,β-unsaturated/α-hetero) is 4. The van der Waals surface area contributed by atoms with Gasteiger partial charge in [-0.15, -0.1) is 0 Å². The Labute approximate surface area is 242 Å². The largest absolute Gasteiger partial charge is 0.507 e. The van der Waals surface area contributed by atoms with Crippen molar-refractivity contribution < 1.29 is 39.0 Å². The molecular weight excluding hydrogens is 546 g/mol. The lowest BCUT2D eigenvalue weighted by atomic mass is 9.52. The number of nitrogens with two attached hydrogens (primary N) is 1. The van der Waals surface area contributed by atoms with Crippen molar-refractivity contribution in [3.05, 3.63) is 22.8 Å². The summed E-state index contributed by atoms with van der Waals surface area (Å²) in [5.74, 6) is -11.2. The highest BCUT2D eigenvalue weighted by molar-refractivity contribution is 6.32. The molecular formula is C29H37N5O8. The second kappa shape index (κ2) is 10.5. The molecule has 1 aromatic carbocycles. The van der Waals surface area contributed by atoms with Crippen LogP contribution in [-0.2, 0) is 36.9 Å². The van der Waals surface area contributed by atoms with Gasteiger partial charge in [0.1, 0.15) is 5.75 Å². The fraction of sp³-hybridized carbons (Fsp3) is 0.586. The molecule has 3 unspecified atom stereocenters. The van der Waals surface area contributed by atoms with Gasteiger partial charge >= 0.3 is 0 Å². The Hall–Kier alpha value is -3.68. The van der Waals surface area contributed by atoms with Crippen molar-refractivity contribution in [2.45, 2.75) is 49.9 Å². The summed E-state index contributed by atoms with van der Waals surface area (Å²) < 4.78 is 0. The Morgan fingerprint density at radius 2 is 1.83 bits per heavy atom. The van der Waals surface area contributed by atoms with Crippen LogP contribution in [0.3, 0.4) is 0 Å². The lowest BCUT2D eigenvalue weighted by molar-refractivity contribution is -0.181. The van der Waals surface area contributed by atoms with Gasteiger partial charge in [-0.25, -0.2) is 0 Å². The number of hydrogen-bond acceptors (Lipinski definition) is 11. The van der Waals surface area contributed by atoms with Crippen molar-refractivity contribution in [3.8, 4) is 5.75 Å². The number of hydrogen-bond donors (Lipinski definition) is 5. The maximum Gasteiger partial charge on any atom is 0.237 e. The normalized spacial score (nSPS) is 32.3. The lowest BCUT2D eigenvalue weighted by Gasteiger charge is -2.52. The molecule has 13 nitrogen and oxygen atoms in total. The number of phenolic OH excluding ortho intramolecular Hbond substituents is 1. The third-order valence-corrected chi connectivity index (χ3v) is 9.43. The molecule has 4 aliphatic rings. The fourth-order valence-electron chi connectivity index (χ4n) is 7.45. The van der Waals surface area contributed by atoms with E-state index < -0.39 is 64.4 Å². The number of nitrogens with one attached hydrogen (secondary N) is 2. The second-order valence-electron chi connectivity index (χ2n) is 12.3. The predicted molar refractivity (Wildman–Crippen MR) is 149 cm³/mol. The van der Waals surface area contributed by atoms with E-state index in [9.17, 15) is 39.0 Å². The third-order valence-electron chi connectivity index (χ3n) is 9.43. The molecule has 0 radical (unpaired) electrons. The number of aliphatic hydroxyl groups is 1. The van der Waals surface area contributed by atoms with Crippen molar-refractivity contribution in [2.75, 3.05) is 39.6 Å². The van der Waals surface area contributed by atoms with Gasteiger partial charge in [0.25, 0.3) is 0 Å². The smallest absolute Gasteiger partial charge is 0.237 e. The number of carbonyl (C=O) groups is 6. The van der Waals surface area contributed by atoms with Crippen molar-refractivity contribution in [1.29, 1.82) is 0 Å². The Bertz CT molecular complexity index is 1400. The average molecular weight is 584 g/mol. The first-order valence-corrected chi connectivity index (χ1v) is 14.1. The van der Waals surface area contributed by atoms with Crippen LogP contribution in [0.5, 0.6) is 5.75 Å². The number of nitrogens with zero attached hydrogens (tertiary/aromatic N) is 2. The quantitative estimate of drug-likeness (QED) is 0.239. The van der Waals surface area contributed by atoms with E-state index in [0.29, 0.717) is 17.7 Å². The number of anilines is 1. The molecule has 1 heterocycles. The molecule has 1 aromatic rings. The van der Waals surface area contributed by atoms with Gasteiger partial charge in [0.05, 0.1) is 23.6 Å². The van der Waals surface area contributed by atoms with Crippen LogP contribution in [0, 0.1) is 23.7 Å². The van der Waals surface area contributed by atoms with E-state index in [1.54, 1.807) is 39.2 Å². The molecule has 1 aliphatic heterocycles. The zero-order valence-electron chi connectivity index (χ0n) is 24.1. The van der Waals surface area contributed by atoms with Crippen LogP contribution >= 0.6 is 0 Å². The van der Waals surface area contributed by atoms with E-state index >= 15 is 0 Å². The van der Waals surface area contributed by atoms with Gasteiger partial charge in [-0.3, -0.25) is 33.7 Å². The van der Waals surface area contributed by atoms with E-state index in [4.69, 9.17) is 5.73 Å². The number of amides is 2. The number of phenols is 1. The van der Waals surface area contributed by atoms with Crippen LogP contribution in [0.1, 0.15) is 40.7 Å². The average Bonchev–Trinajstić information content (AvgIpc) is 3.45. The summed E-state index contributed by atoms with van der Waals surface area (Å²) in [6.07, 6.45) is 1.70. The zero-order valence-corrected chi connectivity index (χ0v) is 24.1. The van der Waals surface area contributed by atoms with Crippen LogP contribution < -0.4 is 21.3 Å². The van der Waals surface area contributed by atoms with Crippen molar-refractivity contribution >= 4 is 40.6 Å². The molecule has 2 amide bonds. The molecule has 13 heteroatoms. The highest BCUT2D eigenvalue weighted by atomic mass is 16.3. The molecule has 2 saturated carbocycles. The molecule has 226 valence electrons. The van der Waals surface area contributed by atoms with E-state index in [0.717, 1.165) is 13.0 Å². The molecule has 0 spiro atoms. The molecule has 3 aliphatic carbocycles. The molecule has 6 N–H and O–H groups in total. The van der Waals surface area contributed by atoms with E-state index in [-0.39, 0.29) is 48.2 Å². The van der Waals surface area contributed by atoms with Crippen LogP contribution in [0.4, 0.5) is 5.69 Å². The van der Waals surface area contributed by atoms with Crippen LogP contribution in [0.25, 0.3) is 0 Å². The van der Waals surface area contributed by atoms with Crippen molar-refractivity contribution in [1.82, 2.24) is 15.5 Å². The van der Waals surface area contributed by atoms with Gasteiger partial charge in [-0.05, 0) is 63.9 Å². The molecule has 3 fully saturated rings. The topological polar surface area (TPSA) is 199 Å². The van der Waals surface area contributed by atoms with Gasteiger partial charge in [-0.1, -0.05) is 0 Å². The molecule has 1 saturated heterocycles. The number of aromatic hydroxyl groups is 1. The predicted octanol–water partition coefficient (Wildman–Crippen LogP) is -1.70. The highest BCUT2D eigenvalue weighted by Crippen LogP contribution is 2.52. The summed E-state index contributed by atoms with van der Waals surface area (Å²) in [5.41, 5.74) is 3.87. The number of likely N-dealkylation sites (N-methyl/N-ethyl adjacent to an activating group) is 1. The number of carbonyl (C=O) groups excluding carboxylic acids is 6.